The van der Waals surface area contributed by atoms with Gasteiger partial charge in [0.05, 0.1) is 11.3 Å². The maximum absolute atomic E-state index is 12.8. The fourth-order valence-corrected chi connectivity index (χ4v) is 3.11. The van der Waals surface area contributed by atoms with Crippen molar-refractivity contribution < 1.29 is 9.59 Å². The summed E-state index contributed by atoms with van der Waals surface area (Å²) in [5.41, 5.74) is 3.85. The van der Waals surface area contributed by atoms with Crippen LogP contribution < -0.4 is 10.2 Å². The Hall–Kier alpha value is -3.39. The number of hydrogen-bond acceptors (Lipinski definition) is 3. The number of para-hydroxylation sites is 1. The summed E-state index contributed by atoms with van der Waals surface area (Å²) in [5.74, 6) is -0.890. The first-order chi connectivity index (χ1) is 12.5. The Kier molecular flexibility index (Phi) is 4.59. The van der Waals surface area contributed by atoms with Crippen LogP contribution in [0.2, 0.25) is 0 Å². The highest BCUT2D eigenvalue weighted by molar-refractivity contribution is 6.37. The second-order valence-corrected chi connectivity index (χ2v) is 6.20. The van der Waals surface area contributed by atoms with Crippen LogP contribution >= 0.6 is 0 Å². The molecule has 1 N–H and O–H groups in total. The van der Waals surface area contributed by atoms with Crippen molar-refractivity contribution in [1.29, 1.82) is 5.26 Å². The Morgan fingerprint density at radius 2 is 1.92 bits per heavy atom. The fourth-order valence-electron chi connectivity index (χ4n) is 3.11. The molecule has 0 fully saturated rings. The van der Waals surface area contributed by atoms with Gasteiger partial charge in [-0.1, -0.05) is 30.3 Å². The first kappa shape index (κ1) is 17.4. The van der Waals surface area contributed by atoms with Crippen LogP contribution in [-0.2, 0) is 9.59 Å². The molecule has 0 aromatic heterocycles. The maximum Gasteiger partial charge on any atom is 0.267 e. The number of nitrogens with one attached hydrogen (secondary N) is 1. The lowest BCUT2D eigenvalue weighted by Gasteiger charge is -2.13. The van der Waals surface area contributed by atoms with E-state index >= 15 is 0 Å². The molecule has 0 spiro atoms. The first-order valence-corrected chi connectivity index (χ1v) is 8.42. The van der Waals surface area contributed by atoms with Gasteiger partial charge in [0.2, 0.25) is 0 Å². The van der Waals surface area contributed by atoms with Crippen molar-refractivity contribution in [3.8, 4) is 6.07 Å². The second-order valence-electron chi connectivity index (χ2n) is 6.20. The highest BCUT2D eigenvalue weighted by Gasteiger charge is 2.35. The van der Waals surface area contributed by atoms with Gasteiger partial charge in [0, 0.05) is 17.8 Å². The Balaban J connectivity index is 2.08. The van der Waals surface area contributed by atoms with Gasteiger partial charge in [0.1, 0.15) is 11.6 Å². The number of rotatable bonds is 3. The van der Waals surface area contributed by atoms with E-state index in [0.717, 1.165) is 16.8 Å². The monoisotopic (exact) mass is 345 g/mol. The second kappa shape index (κ2) is 6.85. The van der Waals surface area contributed by atoms with Crippen LogP contribution in [-0.4, -0.2) is 18.4 Å². The molecule has 0 atom stereocenters. The first-order valence-electron chi connectivity index (χ1n) is 8.42. The number of aryl methyl sites for hydroxylation is 2. The molecule has 26 heavy (non-hydrogen) atoms. The van der Waals surface area contributed by atoms with Gasteiger partial charge in [0.15, 0.2) is 0 Å². The van der Waals surface area contributed by atoms with Crippen molar-refractivity contribution in [2.24, 2.45) is 0 Å². The average molecular weight is 345 g/mol. The van der Waals surface area contributed by atoms with Gasteiger partial charge in [0.25, 0.3) is 11.8 Å². The van der Waals surface area contributed by atoms with Gasteiger partial charge in [-0.3, -0.25) is 9.59 Å². The van der Waals surface area contributed by atoms with Crippen molar-refractivity contribution >= 4 is 28.8 Å². The maximum atomic E-state index is 12.8. The number of anilines is 2. The smallest absolute Gasteiger partial charge is 0.267 e. The Bertz CT molecular complexity index is 983. The lowest BCUT2D eigenvalue weighted by atomic mass is 10.0. The van der Waals surface area contributed by atoms with Crippen LogP contribution in [0.5, 0.6) is 0 Å². The number of nitrogens with zero attached hydrogens (tertiary/aromatic N) is 2. The summed E-state index contributed by atoms with van der Waals surface area (Å²) in [6, 6.07) is 14.8. The molecular formula is C21H19N3O2. The quantitative estimate of drug-likeness (QED) is 0.682. The van der Waals surface area contributed by atoms with E-state index in [2.05, 4.69) is 5.32 Å². The van der Waals surface area contributed by atoms with Gasteiger partial charge in [-0.05, 0) is 44.0 Å². The largest absolute Gasteiger partial charge is 0.321 e. The molecule has 5 nitrogen and oxygen atoms in total. The minimum absolute atomic E-state index is 0.160. The van der Waals surface area contributed by atoms with Crippen molar-refractivity contribution in [1.82, 2.24) is 0 Å². The zero-order valence-electron chi connectivity index (χ0n) is 15.0. The molecular weight excluding hydrogens is 326 g/mol. The molecule has 0 radical (unpaired) electrons. The van der Waals surface area contributed by atoms with Crippen LogP contribution in [0.4, 0.5) is 11.4 Å². The molecule has 0 saturated carbocycles. The number of benzene rings is 2. The average Bonchev–Trinajstić information content (AvgIpc) is 2.91. The summed E-state index contributed by atoms with van der Waals surface area (Å²) in [7, 11) is 0. The summed E-state index contributed by atoms with van der Waals surface area (Å²) in [6.45, 7) is 6.13. The topological polar surface area (TPSA) is 73.2 Å². The lowest BCUT2D eigenvalue weighted by molar-refractivity contribution is -0.114. The highest BCUT2D eigenvalue weighted by Crippen LogP contribution is 2.38. The van der Waals surface area contributed by atoms with Gasteiger partial charge in [-0.25, -0.2) is 0 Å². The van der Waals surface area contributed by atoms with Gasteiger partial charge in [-0.15, -0.1) is 0 Å². The molecule has 2 aromatic carbocycles. The number of amides is 2. The zero-order valence-corrected chi connectivity index (χ0v) is 15.0. The zero-order chi connectivity index (χ0) is 18.8. The van der Waals surface area contributed by atoms with Gasteiger partial charge >= 0.3 is 0 Å². The summed E-state index contributed by atoms with van der Waals surface area (Å²) >= 11 is 0. The molecule has 130 valence electrons. The minimum Gasteiger partial charge on any atom is -0.321 e. The minimum atomic E-state index is -0.572. The van der Waals surface area contributed by atoms with E-state index in [1.165, 1.54) is 0 Å². The fraction of sp³-hybridized carbons (Fsp3) is 0.190. The number of fused-ring (bicyclic) bond motifs is 1. The van der Waals surface area contributed by atoms with E-state index in [1.807, 2.05) is 57.2 Å². The third-order valence-electron chi connectivity index (χ3n) is 4.47. The number of carbonyl (C=O) groups excluding carboxylic acids is 2. The number of carbonyl (C=O) groups is 2. The van der Waals surface area contributed by atoms with E-state index in [1.54, 1.807) is 17.0 Å². The van der Waals surface area contributed by atoms with Gasteiger partial charge < -0.3 is 10.2 Å². The Morgan fingerprint density at radius 3 is 2.62 bits per heavy atom. The molecule has 2 amide bonds. The summed E-state index contributed by atoms with van der Waals surface area (Å²) in [5, 5.41) is 12.4. The van der Waals surface area contributed by atoms with Crippen molar-refractivity contribution in [3.63, 3.8) is 0 Å². The molecule has 1 heterocycles. The SMILES string of the molecule is CCN1C(=O)/C(=C(\C#N)C(=O)Nc2cc(C)ccc2C)c2ccccc21. The van der Waals surface area contributed by atoms with Crippen LogP contribution in [0.15, 0.2) is 48.0 Å². The standard InChI is InChI=1S/C21H19N3O2/c1-4-24-18-8-6-5-7-15(18)19(21(24)26)16(12-22)20(25)23-17-11-13(2)9-10-14(17)3/h5-11H,4H2,1-3H3,(H,23,25)/b19-16+. The van der Waals surface area contributed by atoms with Crippen molar-refractivity contribution in [2.75, 3.05) is 16.8 Å². The molecule has 0 unspecified atom stereocenters. The van der Waals surface area contributed by atoms with E-state index in [-0.39, 0.29) is 17.1 Å². The number of likely N-dealkylation sites (N-methyl/N-ethyl adjacent to an activating group) is 1. The Morgan fingerprint density at radius 1 is 1.19 bits per heavy atom. The van der Waals surface area contributed by atoms with E-state index in [0.29, 0.717) is 17.8 Å². The van der Waals surface area contributed by atoms with E-state index in [9.17, 15) is 14.9 Å². The van der Waals surface area contributed by atoms with Crippen LogP contribution in [0.25, 0.3) is 5.57 Å². The third-order valence-corrected chi connectivity index (χ3v) is 4.47. The number of nitriles is 1. The molecule has 5 heteroatoms. The molecule has 0 bridgehead atoms. The molecule has 3 rings (SSSR count). The van der Waals surface area contributed by atoms with Crippen LogP contribution in [0, 0.1) is 25.2 Å². The van der Waals surface area contributed by atoms with E-state index in [4.69, 9.17) is 0 Å². The summed E-state index contributed by atoms with van der Waals surface area (Å²) in [6.07, 6.45) is 0. The van der Waals surface area contributed by atoms with Gasteiger partial charge in [-0.2, -0.15) is 5.26 Å². The molecule has 0 saturated heterocycles. The normalized spacial score (nSPS) is 14.7. The Labute approximate surface area is 152 Å². The predicted octanol–water partition coefficient (Wildman–Crippen LogP) is 3.59. The predicted molar refractivity (Wildman–Crippen MR) is 102 cm³/mol. The third kappa shape index (κ3) is 2.86. The summed E-state index contributed by atoms with van der Waals surface area (Å²) < 4.78 is 0. The van der Waals surface area contributed by atoms with Crippen molar-refractivity contribution in [3.05, 3.63) is 64.7 Å². The van der Waals surface area contributed by atoms with Crippen LogP contribution in [0.3, 0.4) is 0 Å². The molecule has 1 aliphatic rings. The van der Waals surface area contributed by atoms with Crippen molar-refractivity contribution in [2.45, 2.75) is 20.8 Å². The molecule has 0 aliphatic carbocycles. The molecule has 2 aromatic rings. The van der Waals surface area contributed by atoms with E-state index < -0.39 is 5.91 Å². The lowest BCUT2D eigenvalue weighted by Crippen LogP contribution is -2.27. The summed E-state index contributed by atoms with van der Waals surface area (Å²) in [4.78, 5) is 27.2. The highest BCUT2D eigenvalue weighted by atomic mass is 16.2. The number of hydrogen-bond donors (Lipinski definition) is 1. The van der Waals surface area contributed by atoms with Crippen LogP contribution in [0.1, 0.15) is 23.6 Å². The molecule has 1 aliphatic heterocycles.